The van der Waals surface area contributed by atoms with Crippen LogP contribution < -0.4 is 5.32 Å². The molecule has 0 spiro atoms. The number of nitrogens with one attached hydrogen (secondary N) is 1. The van der Waals surface area contributed by atoms with E-state index in [0.717, 1.165) is 16.8 Å². The molecule has 0 aliphatic carbocycles. The van der Waals surface area contributed by atoms with Gasteiger partial charge in [-0.3, -0.25) is 4.79 Å². The van der Waals surface area contributed by atoms with Crippen molar-refractivity contribution in [3.8, 4) is 11.4 Å². The molecule has 0 saturated heterocycles. The Labute approximate surface area is 128 Å². The Balaban J connectivity index is 1.84. The zero-order valence-corrected chi connectivity index (χ0v) is 12.3. The number of carbonyl (C=O) groups is 1. The van der Waals surface area contributed by atoms with Gasteiger partial charge in [0, 0.05) is 23.7 Å². The van der Waals surface area contributed by atoms with E-state index in [9.17, 15) is 4.79 Å². The molecule has 0 radical (unpaired) electrons. The third-order valence-electron chi connectivity index (χ3n) is 3.19. The summed E-state index contributed by atoms with van der Waals surface area (Å²) in [4.78, 5) is 16.5. The SMILES string of the molecule is Cc1cccc(NC(=O)c2cccc(-c3noc(C)n3)c2)c1. The van der Waals surface area contributed by atoms with Gasteiger partial charge in [-0.15, -0.1) is 0 Å². The van der Waals surface area contributed by atoms with Gasteiger partial charge in [-0.25, -0.2) is 0 Å². The summed E-state index contributed by atoms with van der Waals surface area (Å²) >= 11 is 0. The molecule has 0 fully saturated rings. The van der Waals surface area contributed by atoms with Crippen LogP contribution in [0.5, 0.6) is 0 Å². The molecule has 1 amide bonds. The van der Waals surface area contributed by atoms with Gasteiger partial charge in [0.2, 0.25) is 11.7 Å². The van der Waals surface area contributed by atoms with Crippen molar-refractivity contribution in [2.45, 2.75) is 13.8 Å². The lowest BCUT2D eigenvalue weighted by atomic mass is 10.1. The topological polar surface area (TPSA) is 68.0 Å². The van der Waals surface area contributed by atoms with Crippen LogP contribution in [0.4, 0.5) is 5.69 Å². The van der Waals surface area contributed by atoms with Crippen molar-refractivity contribution in [3.05, 3.63) is 65.5 Å². The Kier molecular flexibility index (Phi) is 3.70. The summed E-state index contributed by atoms with van der Waals surface area (Å²) < 4.78 is 4.97. The Morgan fingerprint density at radius 2 is 1.91 bits per heavy atom. The van der Waals surface area contributed by atoms with Crippen LogP contribution in [0.15, 0.2) is 53.1 Å². The Hall–Kier alpha value is -2.95. The summed E-state index contributed by atoms with van der Waals surface area (Å²) in [6, 6.07) is 14.8. The van der Waals surface area contributed by atoms with E-state index in [4.69, 9.17) is 4.52 Å². The minimum Gasteiger partial charge on any atom is -0.339 e. The Morgan fingerprint density at radius 3 is 2.64 bits per heavy atom. The predicted octanol–water partition coefficient (Wildman–Crippen LogP) is 3.61. The van der Waals surface area contributed by atoms with Gasteiger partial charge in [-0.1, -0.05) is 29.4 Å². The summed E-state index contributed by atoms with van der Waals surface area (Å²) in [5.41, 5.74) is 3.15. The van der Waals surface area contributed by atoms with Crippen molar-refractivity contribution in [3.63, 3.8) is 0 Å². The molecule has 22 heavy (non-hydrogen) atoms. The van der Waals surface area contributed by atoms with Crippen LogP contribution in [-0.4, -0.2) is 16.0 Å². The van der Waals surface area contributed by atoms with Crippen molar-refractivity contribution < 1.29 is 9.32 Å². The van der Waals surface area contributed by atoms with Gasteiger partial charge in [-0.2, -0.15) is 4.98 Å². The van der Waals surface area contributed by atoms with E-state index in [1.54, 1.807) is 25.1 Å². The molecule has 0 unspecified atom stereocenters. The highest BCUT2D eigenvalue weighted by Gasteiger charge is 2.10. The van der Waals surface area contributed by atoms with Crippen LogP contribution in [0.2, 0.25) is 0 Å². The van der Waals surface area contributed by atoms with Gasteiger partial charge in [0.15, 0.2) is 0 Å². The number of amides is 1. The second-order valence-electron chi connectivity index (χ2n) is 5.04. The standard InChI is InChI=1S/C17H15N3O2/c1-11-5-3-8-15(9-11)19-17(21)14-7-4-6-13(10-14)16-18-12(2)22-20-16/h3-10H,1-2H3,(H,19,21). The summed E-state index contributed by atoms with van der Waals surface area (Å²) in [7, 11) is 0. The predicted molar refractivity (Wildman–Crippen MR) is 83.6 cm³/mol. The highest BCUT2D eigenvalue weighted by molar-refractivity contribution is 6.04. The zero-order valence-electron chi connectivity index (χ0n) is 12.3. The fraction of sp³-hybridized carbons (Fsp3) is 0.118. The lowest BCUT2D eigenvalue weighted by Gasteiger charge is -2.06. The molecule has 1 heterocycles. The number of aromatic nitrogens is 2. The van der Waals surface area contributed by atoms with Crippen molar-refractivity contribution in [1.82, 2.24) is 10.1 Å². The zero-order chi connectivity index (χ0) is 15.5. The quantitative estimate of drug-likeness (QED) is 0.801. The van der Waals surface area contributed by atoms with Crippen LogP contribution in [0.3, 0.4) is 0 Å². The third kappa shape index (κ3) is 3.03. The molecule has 5 heteroatoms. The number of nitrogens with zero attached hydrogens (tertiary/aromatic N) is 2. The average molecular weight is 293 g/mol. The van der Waals surface area contributed by atoms with E-state index in [2.05, 4.69) is 15.5 Å². The average Bonchev–Trinajstić information content (AvgIpc) is 2.94. The monoisotopic (exact) mass is 293 g/mol. The number of hydrogen-bond acceptors (Lipinski definition) is 4. The van der Waals surface area contributed by atoms with Crippen LogP contribution >= 0.6 is 0 Å². The van der Waals surface area contributed by atoms with Crippen molar-refractivity contribution in [2.24, 2.45) is 0 Å². The third-order valence-corrected chi connectivity index (χ3v) is 3.19. The van der Waals surface area contributed by atoms with Gasteiger partial charge in [0.25, 0.3) is 5.91 Å². The van der Waals surface area contributed by atoms with Crippen LogP contribution in [-0.2, 0) is 0 Å². The summed E-state index contributed by atoms with van der Waals surface area (Å²) in [6.45, 7) is 3.71. The molecular formula is C17H15N3O2. The first-order valence-corrected chi connectivity index (χ1v) is 6.90. The molecule has 2 aromatic carbocycles. The van der Waals surface area contributed by atoms with Gasteiger partial charge < -0.3 is 9.84 Å². The summed E-state index contributed by atoms with van der Waals surface area (Å²) in [6.07, 6.45) is 0. The van der Waals surface area contributed by atoms with E-state index >= 15 is 0 Å². The largest absolute Gasteiger partial charge is 0.339 e. The van der Waals surface area contributed by atoms with Crippen LogP contribution in [0.1, 0.15) is 21.8 Å². The number of aryl methyl sites for hydroxylation is 2. The molecule has 0 bridgehead atoms. The van der Waals surface area contributed by atoms with Gasteiger partial charge in [0.1, 0.15) is 0 Å². The first-order chi connectivity index (χ1) is 10.6. The van der Waals surface area contributed by atoms with Crippen molar-refractivity contribution >= 4 is 11.6 Å². The highest BCUT2D eigenvalue weighted by Crippen LogP contribution is 2.18. The van der Waals surface area contributed by atoms with Gasteiger partial charge >= 0.3 is 0 Å². The number of rotatable bonds is 3. The maximum Gasteiger partial charge on any atom is 0.255 e. The highest BCUT2D eigenvalue weighted by atomic mass is 16.5. The first kappa shape index (κ1) is 14.0. The minimum absolute atomic E-state index is 0.173. The molecule has 3 aromatic rings. The maximum absolute atomic E-state index is 12.3. The van der Waals surface area contributed by atoms with Gasteiger partial charge in [0.05, 0.1) is 0 Å². The molecule has 0 saturated carbocycles. The van der Waals surface area contributed by atoms with E-state index in [0.29, 0.717) is 17.3 Å². The number of hydrogen-bond donors (Lipinski definition) is 1. The number of anilines is 1. The van der Waals surface area contributed by atoms with E-state index in [1.807, 2.05) is 37.3 Å². The number of carbonyl (C=O) groups excluding carboxylic acids is 1. The van der Waals surface area contributed by atoms with Crippen molar-refractivity contribution in [2.75, 3.05) is 5.32 Å². The molecule has 110 valence electrons. The molecule has 5 nitrogen and oxygen atoms in total. The summed E-state index contributed by atoms with van der Waals surface area (Å²) in [5, 5.41) is 6.74. The van der Waals surface area contributed by atoms with Crippen LogP contribution in [0, 0.1) is 13.8 Å². The number of benzene rings is 2. The van der Waals surface area contributed by atoms with Crippen LogP contribution in [0.25, 0.3) is 11.4 Å². The molecule has 0 atom stereocenters. The fourth-order valence-corrected chi connectivity index (χ4v) is 2.14. The normalized spacial score (nSPS) is 10.5. The van der Waals surface area contributed by atoms with Gasteiger partial charge in [-0.05, 0) is 36.8 Å². The molecule has 3 rings (SSSR count). The maximum atomic E-state index is 12.3. The minimum atomic E-state index is -0.173. The second kappa shape index (κ2) is 5.81. The van der Waals surface area contributed by atoms with Crippen molar-refractivity contribution in [1.29, 1.82) is 0 Å². The summed E-state index contributed by atoms with van der Waals surface area (Å²) in [5.74, 6) is 0.792. The van der Waals surface area contributed by atoms with E-state index in [-0.39, 0.29) is 5.91 Å². The first-order valence-electron chi connectivity index (χ1n) is 6.90. The lowest BCUT2D eigenvalue weighted by Crippen LogP contribution is -2.11. The molecule has 0 aliphatic rings. The van der Waals surface area contributed by atoms with E-state index < -0.39 is 0 Å². The molecular weight excluding hydrogens is 278 g/mol. The van der Waals surface area contributed by atoms with E-state index in [1.165, 1.54) is 0 Å². The molecule has 1 N–H and O–H groups in total. The molecule has 1 aromatic heterocycles. The Morgan fingerprint density at radius 1 is 1.09 bits per heavy atom. The molecule has 0 aliphatic heterocycles. The smallest absolute Gasteiger partial charge is 0.255 e. The lowest BCUT2D eigenvalue weighted by molar-refractivity contribution is 0.102. The fourth-order valence-electron chi connectivity index (χ4n) is 2.14. The second-order valence-corrected chi connectivity index (χ2v) is 5.04. The Bertz CT molecular complexity index is 824.